The van der Waals surface area contributed by atoms with Gasteiger partial charge in [-0.15, -0.1) is 0 Å². The first-order valence-corrected chi connectivity index (χ1v) is 10.3. The van der Waals surface area contributed by atoms with Crippen LogP contribution < -0.4 is 0 Å². The third kappa shape index (κ3) is 3.45. The van der Waals surface area contributed by atoms with Crippen LogP contribution in [0.15, 0.2) is 72.8 Å². The number of carbonyl (C=O) groups excluding carboxylic acids is 1. The Labute approximate surface area is 176 Å². The molecule has 0 aliphatic carbocycles. The Hall–Kier alpha value is -2.62. The summed E-state index contributed by atoms with van der Waals surface area (Å²) in [6.45, 7) is 5.13. The number of ether oxygens (including phenoxy) is 1. The van der Waals surface area contributed by atoms with Crippen LogP contribution in [0.25, 0.3) is 0 Å². The molecular formula is C25H24ClNO2. The normalized spacial score (nSPS) is 18.2. The van der Waals surface area contributed by atoms with E-state index in [0.29, 0.717) is 23.7 Å². The smallest absolute Gasteiger partial charge is 0.257 e. The number of hydrogen-bond donors (Lipinski definition) is 0. The number of amides is 1. The van der Waals surface area contributed by atoms with Gasteiger partial charge in [0.05, 0.1) is 6.61 Å². The monoisotopic (exact) mass is 405 g/mol. The van der Waals surface area contributed by atoms with Crippen molar-refractivity contribution in [3.05, 3.63) is 106 Å². The Morgan fingerprint density at radius 1 is 0.966 bits per heavy atom. The molecule has 1 aliphatic rings. The minimum atomic E-state index is -0.973. The van der Waals surface area contributed by atoms with Crippen molar-refractivity contribution in [2.75, 3.05) is 6.54 Å². The van der Waals surface area contributed by atoms with Gasteiger partial charge in [0, 0.05) is 28.3 Å². The first-order chi connectivity index (χ1) is 14.1. The number of fused-ring (bicyclic) bond motifs is 1. The summed E-state index contributed by atoms with van der Waals surface area (Å²) in [4.78, 5) is 15.2. The molecule has 1 unspecified atom stereocenters. The van der Waals surface area contributed by atoms with Crippen molar-refractivity contribution < 1.29 is 9.53 Å². The van der Waals surface area contributed by atoms with E-state index in [-0.39, 0.29) is 5.91 Å². The lowest BCUT2D eigenvalue weighted by Gasteiger charge is -2.39. The van der Waals surface area contributed by atoms with E-state index in [1.54, 1.807) is 0 Å². The fourth-order valence-corrected chi connectivity index (χ4v) is 4.11. The number of halogens is 1. The lowest BCUT2D eigenvalue weighted by atomic mass is 9.93. The van der Waals surface area contributed by atoms with E-state index in [2.05, 4.69) is 38.1 Å². The standard InChI is InChI=1S/C25H24ClNO2/c1-3-16-27-24(28)22-6-4-5-7-23(22)25(27,20-12-14-21(26)15-13-20)29-17-19-10-8-18(2)9-11-19/h4-15H,3,16-17H2,1-2H3. The topological polar surface area (TPSA) is 29.5 Å². The van der Waals surface area contributed by atoms with Gasteiger partial charge in [-0.1, -0.05) is 78.7 Å². The molecule has 4 rings (SSSR count). The average Bonchev–Trinajstić information content (AvgIpc) is 2.98. The fourth-order valence-electron chi connectivity index (χ4n) is 3.98. The second kappa shape index (κ2) is 8.02. The highest BCUT2D eigenvalue weighted by Crippen LogP contribution is 2.46. The summed E-state index contributed by atoms with van der Waals surface area (Å²) in [5.41, 5.74) is 3.78. The maximum absolute atomic E-state index is 13.3. The van der Waals surface area contributed by atoms with Gasteiger partial charge in [-0.2, -0.15) is 0 Å². The number of hydrogen-bond acceptors (Lipinski definition) is 2. The van der Waals surface area contributed by atoms with E-state index in [4.69, 9.17) is 16.3 Å². The molecule has 0 saturated carbocycles. The Bertz CT molecular complexity index is 1010. The highest BCUT2D eigenvalue weighted by atomic mass is 35.5. The maximum Gasteiger partial charge on any atom is 0.257 e. The molecule has 1 amide bonds. The molecule has 0 saturated heterocycles. The lowest BCUT2D eigenvalue weighted by Crippen LogP contribution is -2.47. The summed E-state index contributed by atoms with van der Waals surface area (Å²) in [6, 6.07) is 23.6. The highest BCUT2D eigenvalue weighted by molar-refractivity contribution is 6.30. The van der Waals surface area contributed by atoms with E-state index in [1.807, 2.05) is 53.4 Å². The van der Waals surface area contributed by atoms with Crippen LogP contribution in [0.3, 0.4) is 0 Å². The van der Waals surface area contributed by atoms with Crippen LogP contribution in [0, 0.1) is 6.92 Å². The molecule has 0 spiro atoms. The van der Waals surface area contributed by atoms with Crippen molar-refractivity contribution in [2.45, 2.75) is 32.6 Å². The average molecular weight is 406 g/mol. The van der Waals surface area contributed by atoms with Crippen LogP contribution in [0.2, 0.25) is 5.02 Å². The molecule has 3 nitrogen and oxygen atoms in total. The minimum absolute atomic E-state index is 0.00121. The number of aryl methyl sites for hydroxylation is 1. The molecule has 1 aliphatic heterocycles. The van der Waals surface area contributed by atoms with E-state index in [1.165, 1.54) is 5.56 Å². The van der Waals surface area contributed by atoms with Gasteiger partial charge in [0.1, 0.15) is 0 Å². The molecule has 0 N–H and O–H groups in total. The van der Waals surface area contributed by atoms with Gasteiger partial charge >= 0.3 is 0 Å². The van der Waals surface area contributed by atoms with Crippen LogP contribution in [0.5, 0.6) is 0 Å². The second-order valence-electron chi connectivity index (χ2n) is 7.43. The zero-order valence-corrected chi connectivity index (χ0v) is 17.4. The summed E-state index contributed by atoms with van der Waals surface area (Å²) < 4.78 is 6.67. The fraction of sp³-hybridized carbons (Fsp3) is 0.240. The first kappa shape index (κ1) is 19.7. The van der Waals surface area contributed by atoms with Gasteiger partial charge in [0.25, 0.3) is 5.91 Å². The van der Waals surface area contributed by atoms with Crippen molar-refractivity contribution in [3.63, 3.8) is 0 Å². The summed E-state index contributed by atoms with van der Waals surface area (Å²) >= 11 is 6.16. The molecule has 4 heteroatoms. The summed E-state index contributed by atoms with van der Waals surface area (Å²) in [6.07, 6.45) is 0.836. The predicted octanol–water partition coefficient (Wildman–Crippen LogP) is 5.93. The third-order valence-electron chi connectivity index (χ3n) is 5.40. The Morgan fingerprint density at radius 2 is 1.66 bits per heavy atom. The zero-order chi connectivity index (χ0) is 20.4. The van der Waals surface area contributed by atoms with Crippen molar-refractivity contribution >= 4 is 17.5 Å². The summed E-state index contributed by atoms with van der Waals surface area (Å²) in [5.74, 6) is 0.00121. The van der Waals surface area contributed by atoms with Crippen LogP contribution in [0.1, 0.15) is 46.0 Å². The second-order valence-corrected chi connectivity index (χ2v) is 7.86. The number of nitrogens with zero attached hydrogens (tertiary/aromatic N) is 1. The SMILES string of the molecule is CCCN1C(=O)c2ccccc2C1(OCc1ccc(C)cc1)c1ccc(Cl)cc1. The quantitative estimate of drug-likeness (QED) is 0.508. The lowest BCUT2D eigenvalue weighted by molar-refractivity contribution is -0.117. The van der Waals surface area contributed by atoms with Gasteiger partial charge in [-0.3, -0.25) is 4.79 Å². The van der Waals surface area contributed by atoms with Crippen molar-refractivity contribution in [3.8, 4) is 0 Å². The first-order valence-electron chi connectivity index (χ1n) is 9.93. The molecular weight excluding hydrogens is 382 g/mol. The Kier molecular flexibility index (Phi) is 5.44. The van der Waals surface area contributed by atoms with Gasteiger partial charge < -0.3 is 9.64 Å². The number of benzene rings is 3. The van der Waals surface area contributed by atoms with Gasteiger partial charge in [-0.25, -0.2) is 0 Å². The predicted molar refractivity (Wildman–Crippen MR) is 116 cm³/mol. The number of rotatable bonds is 6. The van der Waals surface area contributed by atoms with E-state index in [9.17, 15) is 4.79 Å². The summed E-state index contributed by atoms with van der Waals surface area (Å²) in [7, 11) is 0. The van der Waals surface area contributed by atoms with Crippen LogP contribution in [0.4, 0.5) is 0 Å². The molecule has 0 radical (unpaired) electrons. The summed E-state index contributed by atoms with van der Waals surface area (Å²) in [5, 5.41) is 0.655. The molecule has 3 aromatic carbocycles. The van der Waals surface area contributed by atoms with Crippen molar-refractivity contribution in [1.29, 1.82) is 0 Å². The molecule has 0 aromatic heterocycles. The molecule has 1 heterocycles. The maximum atomic E-state index is 13.3. The van der Waals surface area contributed by atoms with Crippen LogP contribution in [-0.4, -0.2) is 17.4 Å². The molecule has 0 bridgehead atoms. The van der Waals surface area contributed by atoms with Gasteiger partial charge in [-0.05, 0) is 37.1 Å². The van der Waals surface area contributed by atoms with E-state index in [0.717, 1.165) is 23.1 Å². The molecule has 29 heavy (non-hydrogen) atoms. The highest BCUT2D eigenvalue weighted by Gasteiger charge is 2.51. The molecule has 148 valence electrons. The molecule has 1 atom stereocenters. The molecule has 3 aromatic rings. The van der Waals surface area contributed by atoms with Gasteiger partial charge in [0.15, 0.2) is 5.72 Å². The van der Waals surface area contributed by atoms with Crippen LogP contribution >= 0.6 is 11.6 Å². The Balaban J connectivity index is 1.85. The van der Waals surface area contributed by atoms with Crippen molar-refractivity contribution in [2.24, 2.45) is 0 Å². The zero-order valence-electron chi connectivity index (χ0n) is 16.7. The van der Waals surface area contributed by atoms with E-state index >= 15 is 0 Å². The largest absolute Gasteiger partial charge is 0.342 e. The van der Waals surface area contributed by atoms with Crippen molar-refractivity contribution in [1.82, 2.24) is 4.90 Å². The molecule has 0 fully saturated rings. The van der Waals surface area contributed by atoms with Gasteiger partial charge in [0.2, 0.25) is 0 Å². The van der Waals surface area contributed by atoms with Crippen LogP contribution in [-0.2, 0) is 17.1 Å². The Morgan fingerprint density at radius 3 is 2.34 bits per heavy atom. The van der Waals surface area contributed by atoms with E-state index < -0.39 is 5.72 Å². The minimum Gasteiger partial charge on any atom is -0.342 e. The third-order valence-corrected chi connectivity index (χ3v) is 5.65. The number of carbonyl (C=O) groups is 1.